The fourth-order valence-electron chi connectivity index (χ4n) is 3.61. The Labute approximate surface area is 188 Å². The van der Waals surface area contributed by atoms with E-state index in [9.17, 15) is 14.7 Å². The maximum Gasteiger partial charge on any atom is 0.195 e. The molecule has 0 heterocycles. The Morgan fingerprint density at radius 1 is 0.516 bits per heavy atom. The summed E-state index contributed by atoms with van der Waals surface area (Å²) >= 11 is 2.90. The highest BCUT2D eigenvalue weighted by atomic mass is 32.2. The zero-order chi connectivity index (χ0) is 21.4. The van der Waals surface area contributed by atoms with E-state index in [2.05, 4.69) is 0 Å². The summed E-state index contributed by atoms with van der Waals surface area (Å²) in [6.07, 6.45) is 0. The minimum Gasteiger partial charge on any atom is -0.508 e. The molecule has 5 heteroatoms. The first kappa shape index (κ1) is 19.7. The third-order valence-electron chi connectivity index (χ3n) is 5.03. The average molecular weight is 441 g/mol. The van der Waals surface area contributed by atoms with Crippen LogP contribution in [0, 0.1) is 0 Å². The summed E-state index contributed by atoms with van der Waals surface area (Å²) < 4.78 is 0. The number of carbonyl (C=O) groups excluding carboxylic acids is 2. The molecular formula is C26H16O3S2. The molecule has 31 heavy (non-hydrogen) atoms. The molecule has 0 aliphatic heterocycles. The van der Waals surface area contributed by atoms with Crippen molar-refractivity contribution in [3.8, 4) is 5.75 Å². The van der Waals surface area contributed by atoms with Crippen molar-refractivity contribution in [2.45, 2.75) is 19.6 Å². The van der Waals surface area contributed by atoms with Crippen LogP contribution in [0.5, 0.6) is 5.75 Å². The Morgan fingerprint density at radius 2 is 1.00 bits per heavy atom. The molecule has 150 valence electrons. The van der Waals surface area contributed by atoms with Gasteiger partial charge in [-0.3, -0.25) is 9.59 Å². The standard InChI is InChI=1S/C26H16O3S2/c27-16-12-14-18(15-13-16)31-22-11-5-9-20-24(22)26(29)19-8-4-10-21(23(19)25(20)28)30-17-6-2-1-3-7-17/h1-15,27H. The third-order valence-corrected chi connectivity index (χ3v) is 7.17. The Bertz CT molecular complexity index is 1310. The van der Waals surface area contributed by atoms with E-state index in [1.165, 1.54) is 23.5 Å². The zero-order valence-corrected chi connectivity index (χ0v) is 17.9. The molecule has 0 spiro atoms. The number of aromatic hydroxyl groups is 1. The van der Waals surface area contributed by atoms with Crippen LogP contribution < -0.4 is 0 Å². The number of fused-ring (bicyclic) bond motifs is 2. The molecule has 3 nitrogen and oxygen atoms in total. The summed E-state index contributed by atoms with van der Waals surface area (Å²) in [4.78, 5) is 30.4. The normalized spacial score (nSPS) is 12.4. The van der Waals surface area contributed by atoms with Gasteiger partial charge < -0.3 is 5.11 Å². The SMILES string of the molecule is O=C1c2cccc(Sc3ccc(O)cc3)c2C(=O)c2cccc(Sc3ccccc3)c21. The Balaban J connectivity index is 1.58. The van der Waals surface area contributed by atoms with E-state index in [-0.39, 0.29) is 17.3 Å². The molecule has 1 N–H and O–H groups in total. The molecule has 0 aromatic heterocycles. The molecule has 0 atom stereocenters. The Hall–Kier alpha value is -3.28. The van der Waals surface area contributed by atoms with Crippen molar-refractivity contribution in [2.24, 2.45) is 0 Å². The summed E-state index contributed by atoms with van der Waals surface area (Å²) in [6.45, 7) is 0. The maximum atomic E-state index is 13.5. The lowest BCUT2D eigenvalue weighted by atomic mass is 9.84. The van der Waals surface area contributed by atoms with Crippen molar-refractivity contribution >= 4 is 35.1 Å². The quantitative estimate of drug-likeness (QED) is 0.347. The van der Waals surface area contributed by atoms with Crippen LogP contribution in [-0.4, -0.2) is 16.7 Å². The number of phenolic OH excluding ortho intramolecular Hbond substituents is 1. The van der Waals surface area contributed by atoms with Gasteiger partial charge in [0.05, 0.1) is 0 Å². The molecular weight excluding hydrogens is 424 g/mol. The van der Waals surface area contributed by atoms with Crippen LogP contribution >= 0.6 is 23.5 Å². The second-order valence-corrected chi connectivity index (χ2v) is 9.26. The molecule has 0 fully saturated rings. The molecule has 0 amide bonds. The molecule has 5 rings (SSSR count). The van der Waals surface area contributed by atoms with Gasteiger partial charge in [0.1, 0.15) is 5.75 Å². The van der Waals surface area contributed by atoms with Crippen LogP contribution in [0.3, 0.4) is 0 Å². The van der Waals surface area contributed by atoms with E-state index in [1.807, 2.05) is 54.6 Å². The maximum absolute atomic E-state index is 13.5. The number of hydrogen-bond acceptors (Lipinski definition) is 5. The second kappa shape index (κ2) is 8.10. The number of benzene rings is 4. The summed E-state index contributed by atoms with van der Waals surface area (Å²) in [7, 11) is 0. The number of ketones is 2. The summed E-state index contributed by atoms with van der Waals surface area (Å²) in [5.41, 5.74) is 1.79. The summed E-state index contributed by atoms with van der Waals surface area (Å²) in [5, 5.41) is 9.52. The Kier molecular flexibility index (Phi) is 5.14. The van der Waals surface area contributed by atoms with Gasteiger partial charge in [0, 0.05) is 41.8 Å². The van der Waals surface area contributed by atoms with Gasteiger partial charge in [0.2, 0.25) is 0 Å². The first-order valence-electron chi connectivity index (χ1n) is 9.67. The zero-order valence-electron chi connectivity index (χ0n) is 16.2. The van der Waals surface area contributed by atoms with Crippen LogP contribution in [0.15, 0.2) is 111 Å². The average Bonchev–Trinajstić information content (AvgIpc) is 2.79. The summed E-state index contributed by atoms with van der Waals surface area (Å²) in [5.74, 6) is -0.0816. The van der Waals surface area contributed by atoms with Gasteiger partial charge in [-0.2, -0.15) is 0 Å². The minimum atomic E-state index is -0.137. The van der Waals surface area contributed by atoms with Crippen LogP contribution in [0.4, 0.5) is 0 Å². The van der Waals surface area contributed by atoms with Crippen molar-refractivity contribution < 1.29 is 14.7 Å². The predicted molar refractivity (Wildman–Crippen MR) is 123 cm³/mol. The van der Waals surface area contributed by atoms with Gasteiger partial charge >= 0.3 is 0 Å². The lowest BCUT2D eigenvalue weighted by molar-refractivity contribution is 0.0974. The lowest BCUT2D eigenvalue weighted by Gasteiger charge is -2.22. The second-order valence-electron chi connectivity index (χ2n) is 7.03. The van der Waals surface area contributed by atoms with Crippen molar-refractivity contribution in [1.82, 2.24) is 0 Å². The van der Waals surface area contributed by atoms with Crippen LogP contribution in [0.1, 0.15) is 31.8 Å². The first-order chi connectivity index (χ1) is 15.1. The van der Waals surface area contributed by atoms with Crippen molar-refractivity contribution in [3.63, 3.8) is 0 Å². The van der Waals surface area contributed by atoms with Gasteiger partial charge in [-0.1, -0.05) is 66.0 Å². The highest BCUT2D eigenvalue weighted by Gasteiger charge is 2.33. The highest BCUT2D eigenvalue weighted by molar-refractivity contribution is 7.99. The van der Waals surface area contributed by atoms with E-state index >= 15 is 0 Å². The molecule has 4 aromatic rings. The van der Waals surface area contributed by atoms with E-state index in [1.54, 1.807) is 36.4 Å². The van der Waals surface area contributed by atoms with Crippen LogP contribution in [0.25, 0.3) is 0 Å². The highest BCUT2D eigenvalue weighted by Crippen LogP contribution is 2.41. The fraction of sp³-hybridized carbons (Fsp3) is 0. The first-order valence-corrected chi connectivity index (χ1v) is 11.3. The molecule has 4 aromatic carbocycles. The van der Waals surface area contributed by atoms with Gasteiger partial charge in [0.15, 0.2) is 11.6 Å². The molecule has 0 unspecified atom stereocenters. The van der Waals surface area contributed by atoms with Gasteiger partial charge in [-0.15, -0.1) is 0 Å². The van der Waals surface area contributed by atoms with E-state index in [4.69, 9.17) is 0 Å². The Morgan fingerprint density at radius 3 is 1.52 bits per heavy atom. The number of hydrogen-bond donors (Lipinski definition) is 1. The number of carbonyl (C=O) groups is 2. The molecule has 1 aliphatic rings. The van der Waals surface area contributed by atoms with Crippen LogP contribution in [-0.2, 0) is 0 Å². The van der Waals surface area contributed by atoms with Gasteiger partial charge in [-0.05, 0) is 48.5 Å². The van der Waals surface area contributed by atoms with Crippen LogP contribution in [0.2, 0.25) is 0 Å². The minimum absolute atomic E-state index is 0.128. The van der Waals surface area contributed by atoms with Gasteiger partial charge in [0.25, 0.3) is 0 Å². The lowest BCUT2D eigenvalue weighted by Crippen LogP contribution is -2.22. The predicted octanol–water partition coefficient (Wildman–Crippen LogP) is 6.47. The number of rotatable bonds is 4. The molecule has 0 saturated heterocycles. The topological polar surface area (TPSA) is 54.4 Å². The largest absolute Gasteiger partial charge is 0.508 e. The van der Waals surface area contributed by atoms with Crippen molar-refractivity contribution in [3.05, 3.63) is 113 Å². The molecule has 0 saturated carbocycles. The fourth-order valence-corrected chi connectivity index (χ4v) is 5.58. The van der Waals surface area contributed by atoms with Crippen molar-refractivity contribution in [2.75, 3.05) is 0 Å². The smallest absolute Gasteiger partial charge is 0.195 e. The monoisotopic (exact) mass is 440 g/mol. The molecule has 0 bridgehead atoms. The molecule has 1 aliphatic carbocycles. The molecule has 0 radical (unpaired) electrons. The van der Waals surface area contributed by atoms with E-state index < -0.39 is 0 Å². The third kappa shape index (κ3) is 3.67. The van der Waals surface area contributed by atoms with Crippen molar-refractivity contribution in [1.29, 1.82) is 0 Å². The van der Waals surface area contributed by atoms with E-state index in [0.717, 1.165) is 19.6 Å². The van der Waals surface area contributed by atoms with Gasteiger partial charge in [-0.25, -0.2) is 0 Å². The van der Waals surface area contributed by atoms with E-state index in [0.29, 0.717) is 22.3 Å². The number of phenols is 1. The summed E-state index contributed by atoms with van der Waals surface area (Å²) in [6, 6.07) is 27.5.